The lowest BCUT2D eigenvalue weighted by Crippen LogP contribution is -2.26. The van der Waals surface area contributed by atoms with Gasteiger partial charge in [0.1, 0.15) is 16.7 Å². The summed E-state index contributed by atoms with van der Waals surface area (Å²) in [5.74, 6) is -0.762. The highest BCUT2D eigenvalue weighted by atomic mass is 32.2. The third-order valence-electron chi connectivity index (χ3n) is 2.74. The van der Waals surface area contributed by atoms with Gasteiger partial charge in [0.25, 0.3) is 10.0 Å². The van der Waals surface area contributed by atoms with Gasteiger partial charge in [-0.25, -0.2) is 13.2 Å². The zero-order chi connectivity index (χ0) is 16.9. The second-order valence-electron chi connectivity index (χ2n) is 4.14. The van der Waals surface area contributed by atoms with Crippen LogP contribution in [0.3, 0.4) is 0 Å². The topological polar surface area (TPSA) is 106 Å². The smallest absolute Gasteiger partial charge is 0.339 e. The van der Waals surface area contributed by atoms with E-state index in [2.05, 4.69) is 4.84 Å². The average molecular weight is 328 g/mol. The predicted molar refractivity (Wildman–Crippen MR) is 75.4 cm³/mol. The fourth-order valence-corrected chi connectivity index (χ4v) is 2.65. The first-order chi connectivity index (χ1) is 10.3. The molecule has 0 saturated carbocycles. The molecule has 22 heavy (non-hydrogen) atoms. The summed E-state index contributed by atoms with van der Waals surface area (Å²) < 4.78 is 35.1. The largest absolute Gasteiger partial charge is 0.495 e. The van der Waals surface area contributed by atoms with Gasteiger partial charge in [0, 0.05) is 7.05 Å². The number of carbonyl (C=O) groups is 1. The molecule has 0 fully saturated rings. The fourth-order valence-electron chi connectivity index (χ4n) is 1.50. The molecule has 0 aromatic heterocycles. The molecule has 0 aliphatic heterocycles. The van der Waals surface area contributed by atoms with Gasteiger partial charge in [-0.15, -0.1) is 0 Å². The van der Waals surface area contributed by atoms with Crippen LogP contribution in [0.25, 0.3) is 0 Å². The van der Waals surface area contributed by atoms with E-state index in [1.54, 1.807) is 6.07 Å². The number of hydrogen-bond acceptors (Lipinski definition) is 7. The molecule has 9 heteroatoms. The van der Waals surface area contributed by atoms with E-state index in [1.807, 2.05) is 0 Å². The van der Waals surface area contributed by atoms with Crippen LogP contribution in [-0.2, 0) is 19.6 Å². The van der Waals surface area contributed by atoms with Gasteiger partial charge in [-0.3, -0.25) is 4.84 Å². The molecule has 1 atom stereocenters. The van der Waals surface area contributed by atoms with Crippen LogP contribution in [0, 0.1) is 11.3 Å². The van der Waals surface area contributed by atoms with Gasteiger partial charge in [-0.1, -0.05) is 4.47 Å². The molecule has 0 saturated heterocycles. The maximum atomic E-state index is 12.3. The minimum absolute atomic E-state index is 0.0222. The second kappa shape index (κ2) is 7.22. The minimum atomic E-state index is -4.01. The molecule has 0 unspecified atom stereocenters. The predicted octanol–water partition coefficient (Wildman–Crippen LogP) is 0.946. The van der Waals surface area contributed by atoms with Gasteiger partial charge in [-0.2, -0.15) is 5.26 Å². The summed E-state index contributed by atoms with van der Waals surface area (Å²) in [5.41, 5.74) is -0.0222. The number of benzene rings is 1. The molecule has 0 radical (unpaired) electrons. The first-order valence-corrected chi connectivity index (χ1v) is 7.53. The summed E-state index contributed by atoms with van der Waals surface area (Å²) in [7, 11) is -0.309. The average Bonchev–Trinajstić information content (AvgIpc) is 2.52. The van der Waals surface area contributed by atoms with Crippen LogP contribution in [0.4, 0.5) is 0 Å². The molecule has 0 heterocycles. The van der Waals surface area contributed by atoms with Crippen LogP contribution in [0.2, 0.25) is 0 Å². The summed E-state index contributed by atoms with van der Waals surface area (Å²) in [6.07, 6.45) is -0.948. The number of methoxy groups -OCH3 is 1. The number of ether oxygens (including phenoxy) is 2. The van der Waals surface area contributed by atoms with Crippen molar-refractivity contribution in [3.63, 3.8) is 0 Å². The molecule has 0 bridgehead atoms. The lowest BCUT2D eigenvalue weighted by atomic mass is 10.2. The highest BCUT2D eigenvalue weighted by Gasteiger charge is 2.27. The van der Waals surface area contributed by atoms with Crippen molar-refractivity contribution in [3.05, 3.63) is 23.8 Å². The zero-order valence-electron chi connectivity index (χ0n) is 12.6. The number of rotatable bonds is 6. The normalized spacial score (nSPS) is 12.5. The van der Waals surface area contributed by atoms with Crippen molar-refractivity contribution in [2.45, 2.75) is 17.9 Å². The van der Waals surface area contributed by atoms with Gasteiger partial charge in [0.15, 0.2) is 6.10 Å². The summed E-state index contributed by atoms with van der Waals surface area (Å²) >= 11 is 0. The van der Waals surface area contributed by atoms with Crippen molar-refractivity contribution < 1.29 is 27.5 Å². The molecule has 120 valence electrons. The summed E-state index contributed by atoms with van der Waals surface area (Å²) in [6.45, 7) is 1.40. The Kier molecular flexibility index (Phi) is 5.87. The van der Waals surface area contributed by atoms with Crippen molar-refractivity contribution in [2.24, 2.45) is 0 Å². The number of nitriles is 1. The summed E-state index contributed by atoms with van der Waals surface area (Å²) in [6, 6.07) is 5.52. The Bertz CT molecular complexity index is 695. The first kappa shape index (κ1) is 17.9. The lowest BCUT2D eigenvalue weighted by molar-refractivity contribution is -0.0259. The van der Waals surface area contributed by atoms with Crippen molar-refractivity contribution >= 4 is 16.0 Å². The molecular weight excluding hydrogens is 312 g/mol. The standard InChI is InChI=1S/C13H16N2O6S/c1-9(8-14)21-13(16)10-5-6-11(19-3)12(7-10)22(17,18)15(2)20-4/h5-7,9H,1-4H3/t9-/m0/s1. The van der Waals surface area contributed by atoms with E-state index in [0.717, 1.165) is 6.07 Å². The molecular formula is C13H16N2O6S. The van der Waals surface area contributed by atoms with E-state index in [0.29, 0.717) is 4.47 Å². The monoisotopic (exact) mass is 328 g/mol. The van der Waals surface area contributed by atoms with E-state index in [-0.39, 0.29) is 16.2 Å². The fraction of sp³-hybridized carbons (Fsp3) is 0.385. The zero-order valence-corrected chi connectivity index (χ0v) is 13.4. The van der Waals surface area contributed by atoms with Crippen molar-refractivity contribution in [1.82, 2.24) is 4.47 Å². The molecule has 1 rings (SSSR count). The Hall–Kier alpha value is -2.15. The molecule has 1 aromatic carbocycles. The quantitative estimate of drug-likeness (QED) is 0.565. The first-order valence-electron chi connectivity index (χ1n) is 6.09. The van der Waals surface area contributed by atoms with Crippen LogP contribution in [-0.4, -0.2) is 46.2 Å². The summed E-state index contributed by atoms with van der Waals surface area (Å²) in [4.78, 5) is 16.3. The maximum absolute atomic E-state index is 12.3. The Balaban J connectivity index is 3.32. The van der Waals surface area contributed by atoms with E-state index in [1.165, 1.54) is 40.3 Å². The van der Waals surface area contributed by atoms with E-state index in [4.69, 9.17) is 14.7 Å². The highest BCUT2D eigenvalue weighted by molar-refractivity contribution is 7.89. The van der Waals surface area contributed by atoms with Gasteiger partial charge < -0.3 is 9.47 Å². The number of sulfonamides is 1. The molecule has 0 spiro atoms. The Morgan fingerprint density at radius 2 is 2.00 bits per heavy atom. The SMILES string of the molecule is COc1ccc(C(=O)O[C@@H](C)C#N)cc1S(=O)(=O)N(C)OC. The third-order valence-corrected chi connectivity index (χ3v) is 4.44. The van der Waals surface area contributed by atoms with Gasteiger partial charge in [0.05, 0.1) is 19.8 Å². The Labute approximate surface area is 128 Å². The molecule has 0 amide bonds. The number of nitrogens with zero attached hydrogens (tertiary/aromatic N) is 2. The van der Waals surface area contributed by atoms with E-state index in [9.17, 15) is 13.2 Å². The number of carbonyl (C=O) groups excluding carboxylic acids is 1. The van der Waals surface area contributed by atoms with Crippen molar-refractivity contribution in [1.29, 1.82) is 5.26 Å². The van der Waals surface area contributed by atoms with Crippen LogP contribution in [0.5, 0.6) is 5.75 Å². The number of hydrogen-bond donors (Lipinski definition) is 0. The molecule has 1 aromatic rings. The van der Waals surface area contributed by atoms with Gasteiger partial charge >= 0.3 is 5.97 Å². The second-order valence-corrected chi connectivity index (χ2v) is 6.04. The number of esters is 1. The van der Waals surface area contributed by atoms with E-state index >= 15 is 0 Å². The van der Waals surface area contributed by atoms with Crippen molar-refractivity contribution in [2.75, 3.05) is 21.3 Å². The van der Waals surface area contributed by atoms with Crippen molar-refractivity contribution in [3.8, 4) is 11.8 Å². The van der Waals surface area contributed by atoms with Crippen LogP contribution in [0.15, 0.2) is 23.1 Å². The van der Waals surface area contributed by atoms with Crippen LogP contribution >= 0.6 is 0 Å². The molecule has 0 aliphatic carbocycles. The molecule has 0 N–H and O–H groups in total. The van der Waals surface area contributed by atoms with Crippen LogP contribution < -0.4 is 4.74 Å². The Morgan fingerprint density at radius 1 is 1.36 bits per heavy atom. The third kappa shape index (κ3) is 3.73. The minimum Gasteiger partial charge on any atom is -0.495 e. The lowest BCUT2D eigenvalue weighted by Gasteiger charge is -2.17. The Morgan fingerprint density at radius 3 is 2.50 bits per heavy atom. The van der Waals surface area contributed by atoms with Gasteiger partial charge in [0.2, 0.25) is 0 Å². The van der Waals surface area contributed by atoms with Gasteiger partial charge in [-0.05, 0) is 25.1 Å². The maximum Gasteiger partial charge on any atom is 0.339 e. The number of hydroxylamine groups is 1. The molecule has 8 nitrogen and oxygen atoms in total. The van der Waals surface area contributed by atoms with Crippen LogP contribution in [0.1, 0.15) is 17.3 Å². The molecule has 0 aliphatic rings. The van der Waals surface area contributed by atoms with E-state index < -0.39 is 22.1 Å². The highest BCUT2D eigenvalue weighted by Crippen LogP contribution is 2.27. The summed E-state index contributed by atoms with van der Waals surface area (Å²) in [5, 5.41) is 8.63.